The van der Waals surface area contributed by atoms with Crippen molar-refractivity contribution < 1.29 is 4.79 Å². The van der Waals surface area contributed by atoms with Gasteiger partial charge in [0.05, 0.1) is 17.1 Å². The predicted molar refractivity (Wildman–Crippen MR) is 122 cm³/mol. The molecule has 2 aromatic carbocycles. The number of rotatable bonds is 5. The van der Waals surface area contributed by atoms with E-state index in [0.717, 1.165) is 41.1 Å². The highest BCUT2D eigenvalue weighted by atomic mass is 32.1. The number of aromatic amines is 1. The van der Waals surface area contributed by atoms with Crippen LogP contribution in [0.1, 0.15) is 54.5 Å². The van der Waals surface area contributed by atoms with E-state index in [-0.39, 0.29) is 18.0 Å². The van der Waals surface area contributed by atoms with Crippen LogP contribution in [-0.2, 0) is 0 Å². The number of fused-ring (bicyclic) bond motifs is 1. The molecule has 1 saturated heterocycles. The van der Waals surface area contributed by atoms with Gasteiger partial charge in [0.1, 0.15) is 10.8 Å². The van der Waals surface area contributed by atoms with E-state index >= 15 is 0 Å². The van der Waals surface area contributed by atoms with E-state index < -0.39 is 0 Å². The molecule has 5 rings (SSSR count). The lowest BCUT2D eigenvalue weighted by Crippen LogP contribution is -2.34. The fourth-order valence-electron chi connectivity index (χ4n) is 4.25. The van der Waals surface area contributed by atoms with E-state index in [4.69, 9.17) is 4.98 Å². The molecule has 7 nitrogen and oxygen atoms in total. The number of likely N-dealkylation sites (tertiary alicyclic amines) is 1. The molecule has 0 spiro atoms. The van der Waals surface area contributed by atoms with Gasteiger partial charge in [-0.15, -0.1) is 10.2 Å². The minimum atomic E-state index is -0.154. The molecule has 0 radical (unpaired) electrons. The molecule has 1 aliphatic heterocycles. The molecule has 2 unspecified atom stereocenters. The largest absolute Gasteiger partial charge is 0.340 e. The quantitative estimate of drug-likeness (QED) is 0.446. The maximum absolute atomic E-state index is 13.0. The number of carbonyl (C=O) groups excluding carboxylic acids is 1. The summed E-state index contributed by atoms with van der Waals surface area (Å²) in [7, 11) is 0. The number of urea groups is 1. The molecular formula is C23H24N6OS. The van der Waals surface area contributed by atoms with E-state index in [2.05, 4.69) is 39.6 Å². The number of anilines is 1. The van der Waals surface area contributed by atoms with Crippen LogP contribution in [0.4, 0.5) is 9.93 Å². The van der Waals surface area contributed by atoms with Crippen molar-refractivity contribution in [3.63, 3.8) is 0 Å². The fraction of sp³-hybridized carbons (Fsp3) is 0.304. The van der Waals surface area contributed by atoms with Gasteiger partial charge in [0.25, 0.3) is 0 Å². The molecule has 0 saturated carbocycles. The highest BCUT2D eigenvalue weighted by Gasteiger charge is 2.32. The topological polar surface area (TPSA) is 86.8 Å². The molecular weight excluding hydrogens is 408 g/mol. The molecule has 1 aliphatic rings. The SMILES string of the molecule is CCC(c1ccccc1)c1nnc(NC(=O)N2CCCC2c2nc3ccccc3[nH]2)s1. The molecule has 1 fully saturated rings. The Hall–Kier alpha value is -3.26. The lowest BCUT2D eigenvalue weighted by Gasteiger charge is -2.22. The maximum Gasteiger partial charge on any atom is 0.324 e. The van der Waals surface area contributed by atoms with Gasteiger partial charge in [-0.1, -0.05) is 60.7 Å². The lowest BCUT2D eigenvalue weighted by molar-refractivity contribution is 0.205. The number of imidazole rings is 1. The fourth-order valence-corrected chi connectivity index (χ4v) is 5.20. The molecule has 3 heterocycles. The molecule has 2 amide bonds. The van der Waals surface area contributed by atoms with Crippen LogP contribution in [0, 0.1) is 0 Å². The van der Waals surface area contributed by atoms with Crippen LogP contribution in [-0.4, -0.2) is 37.6 Å². The van der Waals surface area contributed by atoms with Gasteiger partial charge in [-0.05, 0) is 37.0 Å². The van der Waals surface area contributed by atoms with Gasteiger partial charge < -0.3 is 9.88 Å². The summed E-state index contributed by atoms with van der Waals surface area (Å²) < 4.78 is 0. The third-order valence-corrected chi connectivity index (χ3v) is 6.75. The Balaban J connectivity index is 1.32. The predicted octanol–water partition coefficient (Wildman–Crippen LogP) is 5.33. The highest BCUT2D eigenvalue weighted by Crippen LogP contribution is 2.34. The van der Waals surface area contributed by atoms with Crippen LogP contribution in [0.5, 0.6) is 0 Å². The number of para-hydroxylation sites is 2. The van der Waals surface area contributed by atoms with Gasteiger partial charge >= 0.3 is 6.03 Å². The zero-order valence-electron chi connectivity index (χ0n) is 17.3. The van der Waals surface area contributed by atoms with Crippen molar-refractivity contribution >= 4 is 33.5 Å². The monoisotopic (exact) mass is 432 g/mol. The second-order valence-electron chi connectivity index (χ2n) is 7.74. The van der Waals surface area contributed by atoms with Crippen LogP contribution in [0.15, 0.2) is 54.6 Å². The van der Waals surface area contributed by atoms with E-state index in [1.54, 1.807) is 0 Å². The normalized spacial score (nSPS) is 17.2. The van der Waals surface area contributed by atoms with Crippen LogP contribution < -0.4 is 5.32 Å². The Kier molecular flexibility index (Phi) is 5.38. The first-order valence-electron chi connectivity index (χ1n) is 10.6. The number of hydrogen-bond acceptors (Lipinski definition) is 5. The minimum Gasteiger partial charge on any atom is -0.340 e. The first-order chi connectivity index (χ1) is 15.2. The van der Waals surface area contributed by atoms with Gasteiger partial charge in [0.15, 0.2) is 0 Å². The summed E-state index contributed by atoms with van der Waals surface area (Å²) >= 11 is 1.44. The van der Waals surface area contributed by atoms with Gasteiger partial charge in [0.2, 0.25) is 5.13 Å². The summed E-state index contributed by atoms with van der Waals surface area (Å²) in [6.07, 6.45) is 2.76. The first kappa shape index (κ1) is 19.7. The molecule has 31 heavy (non-hydrogen) atoms. The number of amides is 2. The van der Waals surface area contributed by atoms with Crippen LogP contribution in [0.2, 0.25) is 0 Å². The maximum atomic E-state index is 13.0. The number of H-pyrrole nitrogens is 1. The average Bonchev–Trinajstić information content (AvgIpc) is 3.54. The van der Waals surface area contributed by atoms with Gasteiger partial charge in [-0.3, -0.25) is 5.32 Å². The molecule has 0 aliphatic carbocycles. The zero-order valence-corrected chi connectivity index (χ0v) is 18.1. The van der Waals surface area contributed by atoms with E-state index in [9.17, 15) is 4.79 Å². The Morgan fingerprint density at radius 2 is 2.00 bits per heavy atom. The summed E-state index contributed by atoms with van der Waals surface area (Å²) in [6, 6.07) is 18.0. The third kappa shape index (κ3) is 3.90. The number of benzene rings is 2. The minimum absolute atomic E-state index is 0.0625. The Labute approximate surface area is 184 Å². The lowest BCUT2D eigenvalue weighted by atomic mass is 9.97. The van der Waals surface area contributed by atoms with Crippen molar-refractivity contribution in [2.45, 2.75) is 38.1 Å². The van der Waals surface area contributed by atoms with E-state index in [1.807, 2.05) is 47.4 Å². The Bertz CT molecular complexity index is 1150. The summed E-state index contributed by atoms with van der Waals surface area (Å²) in [5.41, 5.74) is 3.12. The number of carbonyl (C=O) groups is 1. The molecule has 8 heteroatoms. The summed E-state index contributed by atoms with van der Waals surface area (Å²) in [5.74, 6) is 1.02. The first-order valence-corrected chi connectivity index (χ1v) is 11.4. The van der Waals surface area contributed by atoms with Crippen molar-refractivity contribution in [2.75, 3.05) is 11.9 Å². The smallest absolute Gasteiger partial charge is 0.324 e. The summed E-state index contributed by atoms with van der Waals surface area (Å²) in [4.78, 5) is 23.0. The van der Waals surface area contributed by atoms with Gasteiger partial charge in [-0.25, -0.2) is 9.78 Å². The molecule has 2 atom stereocenters. The summed E-state index contributed by atoms with van der Waals surface area (Å²) in [6.45, 7) is 2.83. The van der Waals surface area contributed by atoms with E-state index in [0.29, 0.717) is 11.7 Å². The van der Waals surface area contributed by atoms with Gasteiger partial charge in [0, 0.05) is 12.5 Å². The third-order valence-electron chi connectivity index (χ3n) is 5.80. The van der Waals surface area contributed by atoms with E-state index in [1.165, 1.54) is 16.9 Å². The standard InChI is InChI=1S/C23H24N6OS/c1-2-16(15-9-4-3-5-10-15)21-27-28-22(31-21)26-23(30)29-14-8-13-19(29)20-24-17-11-6-7-12-18(17)25-20/h3-7,9-12,16,19H,2,8,13-14H2,1H3,(H,24,25)(H,26,28,30). The average molecular weight is 433 g/mol. The Morgan fingerprint density at radius 3 is 2.81 bits per heavy atom. The number of nitrogens with one attached hydrogen (secondary N) is 2. The van der Waals surface area contributed by atoms with Crippen LogP contribution in [0.25, 0.3) is 11.0 Å². The number of nitrogens with zero attached hydrogens (tertiary/aromatic N) is 4. The molecule has 158 valence electrons. The van der Waals surface area contributed by atoms with Crippen molar-refractivity contribution in [3.8, 4) is 0 Å². The summed E-state index contributed by atoms with van der Waals surface area (Å²) in [5, 5.41) is 13.0. The van der Waals surface area contributed by atoms with Gasteiger partial charge in [-0.2, -0.15) is 0 Å². The number of hydrogen-bond donors (Lipinski definition) is 2. The second-order valence-corrected chi connectivity index (χ2v) is 8.75. The zero-order chi connectivity index (χ0) is 21.2. The van der Waals surface area contributed by atoms with Crippen molar-refractivity contribution in [2.24, 2.45) is 0 Å². The van der Waals surface area contributed by atoms with Crippen molar-refractivity contribution in [3.05, 3.63) is 71.0 Å². The van der Waals surface area contributed by atoms with Crippen LogP contribution in [0.3, 0.4) is 0 Å². The molecule has 2 aromatic heterocycles. The van der Waals surface area contributed by atoms with Crippen molar-refractivity contribution in [1.82, 2.24) is 25.1 Å². The van der Waals surface area contributed by atoms with Crippen LogP contribution >= 0.6 is 11.3 Å². The molecule has 0 bridgehead atoms. The highest BCUT2D eigenvalue weighted by molar-refractivity contribution is 7.15. The Morgan fingerprint density at radius 1 is 1.19 bits per heavy atom. The second kappa shape index (κ2) is 8.47. The molecule has 2 N–H and O–H groups in total. The molecule has 4 aromatic rings. The van der Waals surface area contributed by atoms with Crippen molar-refractivity contribution in [1.29, 1.82) is 0 Å². The number of aromatic nitrogens is 4.